The van der Waals surface area contributed by atoms with Gasteiger partial charge in [0.05, 0.1) is 10.5 Å². The lowest BCUT2D eigenvalue weighted by Gasteiger charge is -2.20. The molecule has 2 unspecified atom stereocenters. The molecule has 0 saturated heterocycles. The van der Waals surface area contributed by atoms with Gasteiger partial charge in [-0.3, -0.25) is 0 Å². The highest BCUT2D eigenvalue weighted by Gasteiger charge is 2.16. The predicted octanol–water partition coefficient (Wildman–Crippen LogP) is 14.7. The molecule has 0 aromatic heterocycles. The van der Waals surface area contributed by atoms with E-state index in [1.165, 1.54) is 193 Å². The summed E-state index contributed by atoms with van der Waals surface area (Å²) < 4.78 is 6.45. The number of hydrogen-bond acceptors (Lipinski definition) is 3. The van der Waals surface area contributed by atoms with Gasteiger partial charge < -0.3 is 0 Å². The van der Waals surface area contributed by atoms with Crippen molar-refractivity contribution in [3.8, 4) is 0 Å². The fraction of sp³-hybridized carbons (Fsp3) is 0.895. The van der Waals surface area contributed by atoms with Crippen molar-refractivity contribution in [2.45, 2.75) is 217 Å². The van der Waals surface area contributed by atoms with Crippen LogP contribution in [0.4, 0.5) is 0 Å². The summed E-state index contributed by atoms with van der Waals surface area (Å²) in [6, 6.07) is 0. The molecule has 2 saturated carbocycles. The Bertz CT molecular complexity index is 572. The quantitative estimate of drug-likeness (QED) is 0.0550. The molecular weight excluding hydrogens is 537 g/mol. The topological polar surface area (TPSA) is 9.23 Å². The van der Waals surface area contributed by atoms with Crippen LogP contribution >= 0.6 is 24.1 Å². The molecule has 2 aliphatic rings. The Hall–Kier alpha value is 0.140. The Morgan fingerprint density at radius 1 is 0.463 bits per heavy atom. The molecule has 0 radical (unpaired) electrons. The Morgan fingerprint density at radius 3 is 1.12 bits per heavy atom. The zero-order valence-electron chi connectivity index (χ0n) is 27.7. The van der Waals surface area contributed by atoms with Gasteiger partial charge in [0, 0.05) is 24.1 Å². The minimum atomic E-state index is 0.538. The maximum Gasteiger partial charge on any atom is 0.0506 e. The molecule has 0 aliphatic heterocycles. The normalized spacial score (nSPS) is 17.5. The second-order valence-corrected chi connectivity index (χ2v) is 15.5. The Balaban J connectivity index is 1.75. The molecule has 2 fully saturated rings. The lowest BCUT2D eigenvalue weighted by atomic mass is 9.93. The summed E-state index contributed by atoms with van der Waals surface area (Å²) >= 11 is 3.59. The van der Waals surface area contributed by atoms with Crippen LogP contribution in [0.3, 0.4) is 0 Å². The van der Waals surface area contributed by atoms with E-state index in [1.807, 2.05) is 0 Å². The SMILES string of the molecule is CCCCCCCCCCCC(C=C1CCCCC1)SOSC(C=C1CCCCC1)CCCCCCCCCCC. The molecule has 0 bridgehead atoms. The summed E-state index contributed by atoms with van der Waals surface area (Å²) in [5.74, 6) is 0. The van der Waals surface area contributed by atoms with Gasteiger partial charge >= 0.3 is 0 Å². The van der Waals surface area contributed by atoms with Crippen molar-refractivity contribution in [3.63, 3.8) is 0 Å². The van der Waals surface area contributed by atoms with Gasteiger partial charge in [0.1, 0.15) is 0 Å². The van der Waals surface area contributed by atoms with Crippen molar-refractivity contribution in [1.29, 1.82) is 0 Å². The number of allylic oxidation sites excluding steroid dienone is 2. The summed E-state index contributed by atoms with van der Waals surface area (Å²) in [7, 11) is 0. The highest BCUT2D eigenvalue weighted by atomic mass is 32.2. The van der Waals surface area contributed by atoms with Crippen LogP contribution < -0.4 is 0 Å². The zero-order chi connectivity index (χ0) is 29.1. The maximum atomic E-state index is 6.45. The fourth-order valence-electron chi connectivity index (χ4n) is 6.63. The number of hydrogen-bond donors (Lipinski definition) is 0. The smallest absolute Gasteiger partial charge is 0.0506 e. The molecule has 3 heteroatoms. The van der Waals surface area contributed by atoms with E-state index < -0.39 is 0 Å². The maximum absolute atomic E-state index is 6.45. The third-order valence-electron chi connectivity index (χ3n) is 9.34. The first-order valence-electron chi connectivity index (χ1n) is 18.7. The molecule has 0 heterocycles. The fourth-order valence-corrected chi connectivity index (χ4v) is 8.64. The third kappa shape index (κ3) is 21.5. The summed E-state index contributed by atoms with van der Waals surface area (Å²) in [5, 5.41) is 1.08. The van der Waals surface area contributed by atoms with Gasteiger partial charge in [-0.05, 0) is 64.2 Å². The summed E-state index contributed by atoms with van der Waals surface area (Å²) in [6.07, 6.45) is 47.0. The third-order valence-corrected chi connectivity index (χ3v) is 11.2. The monoisotopic (exact) mass is 606 g/mol. The molecule has 1 nitrogen and oxygen atoms in total. The van der Waals surface area contributed by atoms with Gasteiger partial charge in [0.2, 0.25) is 0 Å². The second kappa shape index (κ2) is 27.7. The largest absolute Gasteiger partial charge is 0.246 e. The summed E-state index contributed by atoms with van der Waals surface area (Å²) in [4.78, 5) is 0. The van der Waals surface area contributed by atoms with Crippen molar-refractivity contribution in [2.75, 3.05) is 0 Å². The van der Waals surface area contributed by atoms with Gasteiger partial charge in [-0.25, -0.2) is 3.63 Å². The van der Waals surface area contributed by atoms with Gasteiger partial charge in [-0.1, -0.05) is 166 Å². The van der Waals surface area contributed by atoms with E-state index in [0.717, 1.165) is 0 Å². The molecule has 41 heavy (non-hydrogen) atoms. The molecule has 2 atom stereocenters. The average Bonchev–Trinajstić information content (AvgIpc) is 3.00. The van der Waals surface area contributed by atoms with Crippen LogP contribution in [-0.4, -0.2) is 10.5 Å². The molecule has 2 rings (SSSR count). The van der Waals surface area contributed by atoms with Gasteiger partial charge in [-0.2, -0.15) is 0 Å². The minimum absolute atomic E-state index is 0.538. The Kier molecular flexibility index (Phi) is 25.2. The first-order chi connectivity index (χ1) is 20.3. The highest BCUT2D eigenvalue weighted by molar-refractivity contribution is 8.08. The van der Waals surface area contributed by atoms with Crippen LogP contribution in [0.5, 0.6) is 0 Å². The Morgan fingerprint density at radius 2 is 0.780 bits per heavy atom. The van der Waals surface area contributed by atoms with Gasteiger partial charge in [0.25, 0.3) is 0 Å². The van der Waals surface area contributed by atoms with E-state index in [-0.39, 0.29) is 0 Å². The molecular formula is C38H70OS2. The van der Waals surface area contributed by atoms with E-state index in [4.69, 9.17) is 3.63 Å². The summed E-state index contributed by atoms with van der Waals surface area (Å²) in [5.41, 5.74) is 3.43. The van der Waals surface area contributed by atoms with E-state index in [9.17, 15) is 0 Å². The Labute approximate surface area is 267 Å². The van der Waals surface area contributed by atoms with Crippen LogP contribution in [0, 0.1) is 0 Å². The lowest BCUT2D eigenvalue weighted by molar-refractivity contribution is 0.554. The lowest BCUT2D eigenvalue weighted by Crippen LogP contribution is -2.06. The second-order valence-electron chi connectivity index (χ2n) is 13.3. The van der Waals surface area contributed by atoms with Crippen molar-refractivity contribution in [1.82, 2.24) is 0 Å². The van der Waals surface area contributed by atoms with Gasteiger partial charge in [-0.15, -0.1) is 0 Å². The standard InChI is InChI=1S/C38H70OS2/c1-3-5-7-9-11-13-15-17-25-31-37(33-35-27-21-19-22-28-35)40-39-41-38(34-36-29-23-20-24-30-36)32-26-18-16-14-12-10-8-6-4-2/h33-34,37-38H,3-32H2,1-2H3. The zero-order valence-corrected chi connectivity index (χ0v) is 29.4. The molecule has 0 N–H and O–H groups in total. The average molecular weight is 607 g/mol. The number of unbranched alkanes of at least 4 members (excludes halogenated alkanes) is 16. The molecule has 240 valence electrons. The predicted molar refractivity (Wildman–Crippen MR) is 190 cm³/mol. The van der Waals surface area contributed by atoms with E-state index >= 15 is 0 Å². The summed E-state index contributed by atoms with van der Waals surface area (Å²) in [6.45, 7) is 4.62. The van der Waals surface area contributed by atoms with Crippen LogP contribution in [0.25, 0.3) is 0 Å². The van der Waals surface area contributed by atoms with Crippen LogP contribution in [0.2, 0.25) is 0 Å². The number of rotatable bonds is 26. The molecule has 0 aromatic rings. The highest BCUT2D eigenvalue weighted by Crippen LogP contribution is 2.34. The first kappa shape index (κ1) is 37.3. The minimum Gasteiger partial charge on any atom is -0.246 e. The molecule has 0 amide bonds. The van der Waals surface area contributed by atoms with Crippen LogP contribution in [0.15, 0.2) is 23.3 Å². The van der Waals surface area contributed by atoms with E-state index in [1.54, 1.807) is 35.2 Å². The van der Waals surface area contributed by atoms with E-state index in [2.05, 4.69) is 26.0 Å². The van der Waals surface area contributed by atoms with Crippen LogP contribution in [0.1, 0.15) is 206 Å². The van der Waals surface area contributed by atoms with E-state index in [0.29, 0.717) is 10.5 Å². The molecule has 0 aromatic carbocycles. The first-order valence-corrected chi connectivity index (χ1v) is 20.3. The van der Waals surface area contributed by atoms with Crippen LogP contribution in [-0.2, 0) is 3.63 Å². The van der Waals surface area contributed by atoms with Gasteiger partial charge in [0.15, 0.2) is 0 Å². The molecule has 0 spiro atoms. The van der Waals surface area contributed by atoms with Crippen molar-refractivity contribution in [2.24, 2.45) is 0 Å². The molecule has 2 aliphatic carbocycles. The van der Waals surface area contributed by atoms with Crippen molar-refractivity contribution < 1.29 is 3.63 Å². The van der Waals surface area contributed by atoms with Crippen molar-refractivity contribution >= 4 is 24.1 Å². The van der Waals surface area contributed by atoms with Crippen molar-refractivity contribution in [3.05, 3.63) is 23.3 Å².